The van der Waals surface area contributed by atoms with Crippen LogP contribution in [-0.2, 0) is 0 Å². The van der Waals surface area contributed by atoms with Gasteiger partial charge in [0, 0.05) is 51.2 Å². The zero-order chi connectivity index (χ0) is 16.5. The van der Waals surface area contributed by atoms with E-state index >= 15 is 0 Å². The molecule has 0 radical (unpaired) electrons. The van der Waals surface area contributed by atoms with Gasteiger partial charge in [-0.3, -0.25) is 9.89 Å². The summed E-state index contributed by atoms with van der Waals surface area (Å²) in [5.41, 5.74) is 0.827. The van der Waals surface area contributed by atoms with Gasteiger partial charge in [0.25, 0.3) is 0 Å². The van der Waals surface area contributed by atoms with Crippen LogP contribution in [0.15, 0.2) is 41.4 Å². The molecule has 3 aliphatic rings. The quantitative estimate of drug-likeness (QED) is 0.329. The molecule has 0 aromatic heterocycles. The summed E-state index contributed by atoms with van der Waals surface area (Å²) in [6.07, 6.45) is 6.66. The molecular formula is C19H26FIN4. The fourth-order valence-electron chi connectivity index (χ4n) is 3.96. The maximum Gasteiger partial charge on any atom is 0.193 e. The molecule has 4 rings (SSSR count). The molecule has 0 amide bonds. The molecule has 2 heterocycles. The smallest absolute Gasteiger partial charge is 0.193 e. The minimum Gasteiger partial charge on any atom is -0.353 e. The van der Waals surface area contributed by atoms with Crippen LogP contribution in [0.4, 0.5) is 4.39 Å². The van der Waals surface area contributed by atoms with Crippen molar-refractivity contribution in [2.45, 2.75) is 30.8 Å². The van der Waals surface area contributed by atoms with Gasteiger partial charge in [-0.15, -0.1) is 24.0 Å². The molecule has 1 saturated heterocycles. The monoisotopic (exact) mass is 456 g/mol. The van der Waals surface area contributed by atoms with E-state index < -0.39 is 0 Å². The Morgan fingerprint density at radius 2 is 2.00 bits per heavy atom. The van der Waals surface area contributed by atoms with Gasteiger partial charge in [0.05, 0.1) is 0 Å². The fourth-order valence-corrected chi connectivity index (χ4v) is 3.96. The van der Waals surface area contributed by atoms with Crippen LogP contribution in [0.2, 0.25) is 0 Å². The molecule has 25 heavy (non-hydrogen) atoms. The van der Waals surface area contributed by atoms with Gasteiger partial charge in [-0.1, -0.05) is 30.4 Å². The van der Waals surface area contributed by atoms with Gasteiger partial charge in [0.15, 0.2) is 5.96 Å². The number of halogens is 2. The molecule has 4 nitrogen and oxygen atoms in total. The van der Waals surface area contributed by atoms with Crippen LogP contribution in [0, 0.1) is 5.82 Å². The molecule has 1 aromatic rings. The molecule has 6 heteroatoms. The van der Waals surface area contributed by atoms with E-state index in [1.807, 2.05) is 19.2 Å². The third kappa shape index (κ3) is 4.00. The Hall–Kier alpha value is -1.15. The van der Waals surface area contributed by atoms with Crippen LogP contribution < -0.4 is 5.32 Å². The predicted molar refractivity (Wildman–Crippen MR) is 110 cm³/mol. The van der Waals surface area contributed by atoms with Crippen LogP contribution in [0.3, 0.4) is 0 Å². The number of rotatable bonds is 3. The SMILES string of the molecule is CN=C(NC1CC1c1ccccc1F)N1CCC(N2CC=CC2)C1.I. The highest BCUT2D eigenvalue weighted by Crippen LogP contribution is 2.42. The van der Waals surface area contributed by atoms with E-state index in [2.05, 4.69) is 32.3 Å². The minimum atomic E-state index is -0.0930. The molecule has 1 saturated carbocycles. The van der Waals surface area contributed by atoms with E-state index in [0.717, 1.165) is 44.1 Å². The lowest BCUT2D eigenvalue weighted by Crippen LogP contribution is -2.43. The van der Waals surface area contributed by atoms with Crippen LogP contribution in [0.1, 0.15) is 24.3 Å². The highest BCUT2D eigenvalue weighted by Gasteiger charge is 2.41. The van der Waals surface area contributed by atoms with Crippen molar-refractivity contribution in [3.63, 3.8) is 0 Å². The van der Waals surface area contributed by atoms with Crippen LogP contribution in [0.5, 0.6) is 0 Å². The van der Waals surface area contributed by atoms with Gasteiger partial charge < -0.3 is 10.2 Å². The minimum absolute atomic E-state index is 0. The highest BCUT2D eigenvalue weighted by atomic mass is 127. The first-order valence-corrected chi connectivity index (χ1v) is 8.88. The highest BCUT2D eigenvalue weighted by molar-refractivity contribution is 14.0. The molecule has 136 valence electrons. The largest absolute Gasteiger partial charge is 0.353 e. The van der Waals surface area contributed by atoms with Crippen molar-refractivity contribution in [3.05, 3.63) is 47.8 Å². The average molecular weight is 456 g/mol. The Morgan fingerprint density at radius 1 is 1.24 bits per heavy atom. The lowest BCUT2D eigenvalue weighted by atomic mass is 10.1. The number of likely N-dealkylation sites (tertiary alicyclic amines) is 1. The lowest BCUT2D eigenvalue weighted by molar-refractivity contribution is 0.259. The third-order valence-electron chi connectivity index (χ3n) is 5.45. The predicted octanol–water partition coefficient (Wildman–Crippen LogP) is 2.82. The van der Waals surface area contributed by atoms with Gasteiger partial charge >= 0.3 is 0 Å². The Kier molecular flexibility index (Phi) is 5.99. The van der Waals surface area contributed by atoms with Gasteiger partial charge in [-0.25, -0.2) is 4.39 Å². The van der Waals surface area contributed by atoms with Crippen molar-refractivity contribution in [1.82, 2.24) is 15.1 Å². The molecule has 1 N–H and O–H groups in total. The second kappa shape index (κ2) is 8.03. The summed E-state index contributed by atoms with van der Waals surface area (Å²) >= 11 is 0. The van der Waals surface area contributed by atoms with Crippen LogP contribution in [0.25, 0.3) is 0 Å². The van der Waals surface area contributed by atoms with Gasteiger partial charge in [-0.2, -0.15) is 0 Å². The Bertz CT molecular complexity index is 655. The van der Waals surface area contributed by atoms with Gasteiger partial charge in [-0.05, 0) is 24.5 Å². The third-order valence-corrected chi connectivity index (χ3v) is 5.45. The van der Waals surface area contributed by atoms with Crippen molar-refractivity contribution in [3.8, 4) is 0 Å². The Morgan fingerprint density at radius 3 is 2.72 bits per heavy atom. The van der Waals surface area contributed by atoms with Crippen molar-refractivity contribution in [2.24, 2.45) is 4.99 Å². The number of nitrogens with zero attached hydrogens (tertiary/aromatic N) is 3. The first-order chi connectivity index (χ1) is 11.8. The van der Waals surface area contributed by atoms with Crippen molar-refractivity contribution < 1.29 is 4.39 Å². The van der Waals surface area contributed by atoms with Gasteiger partial charge in [0.1, 0.15) is 5.82 Å². The van der Waals surface area contributed by atoms with E-state index in [-0.39, 0.29) is 35.7 Å². The molecular weight excluding hydrogens is 430 g/mol. The normalized spacial score (nSPS) is 29.0. The molecule has 1 aliphatic carbocycles. The number of guanidine groups is 1. The van der Waals surface area contributed by atoms with E-state index in [0.29, 0.717) is 12.1 Å². The second-order valence-corrected chi connectivity index (χ2v) is 6.98. The van der Waals surface area contributed by atoms with Gasteiger partial charge in [0.2, 0.25) is 0 Å². The zero-order valence-corrected chi connectivity index (χ0v) is 16.9. The molecule has 2 fully saturated rings. The standard InChI is InChI=1S/C19H25FN4.HI/c1-21-19(24-11-8-14(13-24)23-9-4-5-10-23)22-18-12-16(18)15-6-2-3-7-17(15)20;/h2-7,14,16,18H,8-13H2,1H3,(H,21,22);1H. The maximum atomic E-state index is 13.9. The lowest BCUT2D eigenvalue weighted by Gasteiger charge is -2.25. The number of aliphatic imine (C=N–C) groups is 1. The first kappa shape index (κ1) is 18.6. The summed E-state index contributed by atoms with van der Waals surface area (Å²) in [6.45, 7) is 4.21. The molecule has 0 bridgehead atoms. The molecule has 1 aromatic carbocycles. The second-order valence-electron chi connectivity index (χ2n) is 6.98. The number of nitrogens with one attached hydrogen (secondary N) is 1. The van der Waals surface area contributed by atoms with Crippen LogP contribution >= 0.6 is 24.0 Å². The van der Waals surface area contributed by atoms with Crippen molar-refractivity contribution in [1.29, 1.82) is 0 Å². The number of benzene rings is 1. The molecule has 0 spiro atoms. The summed E-state index contributed by atoms with van der Waals surface area (Å²) in [5.74, 6) is 1.14. The van der Waals surface area contributed by atoms with Crippen LogP contribution in [-0.4, -0.2) is 61.1 Å². The summed E-state index contributed by atoms with van der Waals surface area (Å²) in [5, 5.41) is 3.54. The molecule has 3 unspecified atom stereocenters. The molecule has 3 atom stereocenters. The van der Waals surface area contributed by atoms with E-state index in [4.69, 9.17) is 0 Å². The zero-order valence-electron chi connectivity index (χ0n) is 14.6. The summed E-state index contributed by atoms with van der Waals surface area (Å²) < 4.78 is 13.9. The summed E-state index contributed by atoms with van der Waals surface area (Å²) in [7, 11) is 1.84. The van der Waals surface area contributed by atoms with E-state index in [1.165, 1.54) is 6.42 Å². The first-order valence-electron chi connectivity index (χ1n) is 8.88. The topological polar surface area (TPSA) is 30.9 Å². The average Bonchev–Trinajstić information content (AvgIpc) is 3.01. The fraction of sp³-hybridized carbons (Fsp3) is 0.526. The Balaban J connectivity index is 0.00000182. The number of hydrogen-bond donors (Lipinski definition) is 1. The van der Waals surface area contributed by atoms with Crippen molar-refractivity contribution >= 4 is 29.9 Å². The molecule has 2 aliphatic heterocycles. The number of hydrogen-bond acceptors (Lipinski definition) is 2. The Labute approximate surface area is 166 Å². The van der Waals surface area contributed by atoms with E-state index in [1.54, 1.807) is 12.1 Å². The summed E-state index contributed by atoms with van der Waals surface area (Å²) in [4.78, 5) is 9.33. The van der Waals surface area contributed by atoms with Crippen molar-refractivity contribution in [2.75, 3.05) is 33.2 Å². The summed E-state index contributed by atoms with van der Waals surface area (Å²) in [6, 6.07) is 8.02. The maximum absolute atomic E-state index is 13.9. The van der Waals surface area contributed by atoms with E-state index in [9.17, 15) is 4.39 Å².